The van der Waals surface area contributed by atoms with E-state index in [4.69, 9.17) is 0 Å². The van der Waals surface area contributed by atoms with Crippen LogP contribution in [0.3, 0.4) is 0 Å². The molecule has 0 aliphatic carbocycles. The third kappa shape index (κ3) is 4.27. The summed E-state index contributed by atoms with van der Waals surface area (Å²) in [5, 5.41) is 3.00. The number of sulfonamides is 1. The molecule has 2 N–H and O–H groups in total. The number of nitrogens with one attached hydrogen (secondary N) is 2. The summed E-state index contributed by atoms with van der Waals surface area (Å²) in [4.78, 5) is 4.30. The zero-order chi connectivity index (χ0) is 13.6. The van der Waals surface area contributed by atoms with E-state index in [9.17, 15) is 8.42 Å². The Hall–Kier alpha value is -1.14. The summed E-state index contributed by atoms with van der Waals surface area (Å²) in [5.41, 5.74) is 0. The van der Waals surface area contributed by atoms with Crippen LogP contribution in [0, 0.1) is 0 Å². The van der Waals surface area contributed by atoms with Crippen molar-refractivity contribution in [3.63, 3.8) is 0 Å². The van der Waals surface area contributed by atoms with Crippen molar-refractivity contribution in [1.29, 1.82) is 0 Å². The van der Waals surface area contributed by atoms with Gasteiger partial charge >= 0.3 is 0 Å². The van der Waals surface area contributed by atoms with Gasteiger partial charge in [0, 0.05) is 24.8 Å². The molecule has 1 atom stereocenters. The zero-order valence-corrected chi connectivity index (χ0v) is 11.9. The SMILES string of the molecule is CCCC(C)NS(=O)(=O)c1ccnc(NCC)c1. The number of hydrogen-bond acceptors (Lipinski definition) is 4. The van der Waals surface area contributed by atoms with E-state index in [1.54, 1.807) is 6.07 Å². The van der Waals surface area contributed by atoms with Crippen molar-refractivity contribution in [3.8, 4) is 0 Å². The van der Waals surface area contributed by atoms with E-state index >= 15 is 0 Å². The van der Waals surface area contributed by atoms with Crippen LogP contribution in [0.5, 0.6) is 0 Å². The Bertz CT molecular complexity index is 474. The van der Waals surface area contributed by atoms with Gasteiger partial charge in [-0.25, -0.2) is 18.1 Å². The molecule has 102 valence electrons. The molecule has 6 heteroatoms. The van der Waals surface area contributed by atoms with Gasteiger partial charge in [0.05, 0.1) is 4.90 Å². The van der Waals surface area contributed by atoms with Gasteiger partial charge in [-0.15, -0.1) is 0 Å². The Morgan fingerprint density at radius 1 is 1.39 bits per heavy atom. The normalized spacial score (nSPS) is 13.3. The minimum atomic E-state index is -3.45. The molecule has 18 heavy (non-hydrogen) atoms. The van der Waals surface area contributed by atoms with Crippen molar-refractivity contribution in [1.82, 2.24) is 9.71 Å². The Balaban J connectivity index is 2.87. The number of pyridine rings is 1. The Morgan fingerprint density at radius 3 is 2.72 bits per heavy atom. The van der Waals surface area contributed by atoms with Crippen molar-refractivity contribution in [3.05, 3.63) is 18.3 Å². The number of aromatic nitrogens is 1. The average Bonchev–Trinajstić information content (AvgIpc) is 2.29. The smallest absolute Gasteiger partial charge is 0.240 e. The third-order valence-electron chi connectivity index (χ3n) is 2.48. The molecule has 0 aromatic carbocycles. The maximum Gasteiger partial charge on any atom is 0.240 e. The summed E-state index contributed by atoms with van der Waals surface area (Å²) in [6.07, 6.45) is 3.27. The van der Waals surface area contributed by atoms with Gasteiger partial charge < -0.3 is 5.32 Å². The van der Waals surface area contributed by atoms with Gasteiger partial charge in [-0.05, 0) is 26.3 Å². The predicted molar refractivity (Wildman–Crippen MR) is 73.1 cm³/mol. The van der Waals surface area contributed by atoms with Crippen LogP contribution >= 0.6 is 0 Å². The maximum absolute atomic E-state index is 12.1. The van der Waals surface area contributed by atoms with E-state index in [2.05, 4.69) is 15.0 Å². The highest BCUT2D eigenvalue weighted by molar-refractivity contribution is 7.89. The van der Waals surface area contributed by atoms with Gasteiger partial charge in [0.15, 0.2) is 0 Å². The van der Waals surface area contributed by atoms with Crippen molar-refractivity contribution in [2.24, 2.45) is 0 Å². The Kier molecular flexibility index (Phi) is 5.55. The van der Waals surface area contributed by atoms with Crippen molar-refractivity contribution >= 4 is 15.8 Å². The van der Waals surface area contributed by atoms with Crippen LogP contribution in [0.25, 0.3) is 0 Å². The fourth-order valence-electron chi connectivity index (χ4n) is 1.68. The predicted octanol–water partition coefficient (Wildman–Crippen LogP) is 1.98. The molecule has 0 fully saturated rings. The highest BCUT2D eigenvalue weighted by Crippen LogP contribution is 2.13. The van der Waals surface area contributed by atoms with Crippen LogP contribution < -0.4 is 10.0 Å². The van der Waals surface area contributed by atoms with E-state index in [0.717, 1.165) is 12.8 Å². The van der Waals surface area contributed by atoms with Gasteiger partial charge in [-0.1, -0.05) is 13.3 Å². The molecule has 0 aliphatic rings. The fraction of sp³-hybridized carbons (Fsp3) is 0.583. The van der Waals surface area contributed by atoms with Crippen LogP contribution in [0.2, 0.25) is 0 Å². The molecule has 0 spiro atoms. The monoisotopic (exact) mass is 271 g/mol. The second-order valence-corrected chi connectivity index (χ2v) is 5.93. The Morgan fingerprint density at radius 2 is 2.11 bits per heavy atom. The molecular weight excluding hydrogens is 250 g/mol. The summed E-state index contributed by atoms with van der Waals surface area (Å²) < 4.78 is 26.9. The van der Waals surface area contributed by atoms with Gasteiger partial charge in [0.1, 0.15) is 5.82 Å². The highest BCUT2D eigenvalue weighted by atomic mass is 32.2. The second-order valence-electron chi connectivity index (χ2n) is 4.22. The van der Waals surface area contributed by atoms with E-state index in [0.29, 0.717) is 12.4 Å². The second kappa shape index (κ2) is 6.70. The minimum Gasteiger partial charge on any atom is -0.370 e. The highest BCUT2D eigenvalue weighted by Gasteiger charge is 2.17. The molecule has 1 rings (SSSR count). The standard InChI is InChI=1S/C12H21N3O2S/c1-4-6-10(3)15-18(16,17)11-7-8-14-12(9-11)13-5-2/h7-10,15H,4-6H2,1-3H3,(H,13,14). The van der Waals surface area contributed by atoms with Gasteiger partial charge in [0.2, 0.25) is 10.0 Å². The first-order valence-electron chi connectivity index (χ1n) is 6.21. The lowest BCUT2D eigenvalue weighted by molar-refractivity contribution is 0.544. The van der Waals surface area contributed by atoms with Crippen LogP contribution in [0.15, 0.2) is 23.2 Å². The lowest BCUT2D eigenvalue weighted by Gasteiger charge is -2.13. The van der Waals surface area contributed by atoms with Crippen molar-refractivity contribution in [2.45, 2.75) is 44.6 Å². The summed E-state index contributed by atoms with van der Waals surface area (Å²) in [6, 6.07) is 2.99. The van der Waals surface area contributed by atoms with E-state index < -0.39 is 10.0 Å². The van der Waals surface area contributed by atoms with Crippen LogP contribution in [0.1, 0.15) is 33.6 Å². The van der Waals surface area contributed by atoms with Crippen LogP contribution in [0.4, 0.5) is 5.82 Å². The Labute approximate surface area is 109 Å². The molecule has 1 unspecified atom stereocenters. The topological polar surface area (TPSA) is 71.1 Å². The number of hydrogen-bond donors (Lipinski definition) is 2. The summed E-state index contributed by atoms with van der Waals surface area (Å²) in [5.74, 6) is 0.573. The van der Waals surface area contributed by atoms with Crippen molar-refractivity contribution in [2.75, 3.05) is 11.9 Å². The first-order valence-corrected chi connectivity index (χ1v) is 7.70. The molecular formula is C12H21N3O2S. The molecule has 1 aromatic rings. The molecule has 0 radical (unpaired) electrons. The largest absolute Gasteiger partial charge is 0.370 e. The molecule has 1 heterocycles. The first kappa shape index (κ1) is 14.9. The number of rotatable bonds is 7. The van der Waals surface area contributed by atoms with Crippen LogP contribution in [-0.2, 0) is 10.0 Å². The summed E-state index contributed by atoms with van der Waals surface area (Å²) in [6.45, 7) is 6.54. The summed E-state index contributed by atoms with van der Waals surface area (Å²) >= 11 is 0. The lowest BCUT2D eigenvalue weighted by atomic mass is 10.2. The molecule has 0 aliphatic heterocycles. The quantitative estimate of drug-likeness (QED) is 0.795. The van der Waals surface area contributed by atoms with Gasteiger partial charge in [0.25, 0.3) is 0 Å². The minimum absolute atomic E-state index is 0.0595. The lowest BCUT2D eigenvalue weighted by Crippen LogP contribution is -2.32. The van der Waals surface area contributed by atoms with E-state index in [-0.39, 0.29) is 10.9 Å². The molecule has 0 saturated heterocycles. The molecule has 0 bridgehead atoms. The molecule has 5 nitrogen and oxygen atoms in total. The summed E-state index contributed by atoms with van der Waals surface area (Å²) in [7, 11) is -3.45. The first-order chi connectivity index (χ1) is 8.49. The number of anilines is 1. The molecule has 0 amide bonds. The average molecular weight is 271 g/mol. The van der Waals surface area contributed by atoms with Gasteiger partial charge in [-0.2, -0.15) is 0 Å². The van der Waals surface area contributed by atoms with Crippen LogP contribution in [-0.4, -0.2) is 26.0 Å². The third-order valence-corrected chi connectivity index (χ3v) is 4.06. The van der Waals surface area contributed by atoms with E-state index in [1.807, 2.05) is 20.8 Å². The maximum atomic E-state index is 12.1. The zero-order valence-electron chi connectivity index (χ0n) is 11.1. The molecule has 0 saturated carbocycles. The van der Waals surface area contributed by atoms with Gasteiger partial charge in [-0.3, -0.25) is 0 Å². The number of nitrogens with zero attached hydrogens (tertiary/aromatic N) is 1. The van der Waals surface area contributed by atoms with Crippen molar-refractivity contribution < 1.29 is 8.42 Å². The fourth-order valence-corrected chi connectivity index (χ4v) is 2.97. The molecule has 1 aromatic heterocycles. The van der Waals surface area contributed by atoms with E-state index in [1.165, 1.54) is 12.3 Å².